The Kier molecular flexibility index (Phi) is 2.59. The first kappa shape index (κ1) is 8.92. The zero-order valence-corrected chi connectivity index (χ0v) is 7.71. The van der Waals surface area contributed by atoms with Crippen LogP contribution >= 0.6 is 15.9 Å². The van der Waals surface area contributed by atoms with E-state index in [0.29, 0.717) is 0 Å². The maximum absolute atomic E-state index is 10.9. The maximum Gasteiger partial charge on any atom is 0.358 e. The average Bonchev–Trinajstić information content (AvgIpc) is 2.08. The summed E-state index contributed by atoms with van der Waals surface area (Å²) in [5.41, 5.74) is -0.438. The molecule has 1 aromatic heterocycles. The molecule has 12 heavy (non-hydrogen) atoms. The quantitative estimate of drug-likeness (QED) is 0.709. The fourth-order valence-corrected chi connectivity index (χ4v) is 1.00. The number of nitrogens with one attached hydrogen (secondary N) is 1. The lowest BCUT2D eigenvalue weighted by Crippen LogP contribution is -2.15. The molecular formula is C6H5BrN2O3. The van der Waals surface area contributed by atoms with Gasteiger partial charge in [0.05, 0.1) is 13.4 Å². The van der Waals surface area contributed by atoms with E-state index >= 15 is 0 Å². The Hall–Kier alpha value is -1.17. The predicted octanol–water partition coefficient (Wildman–Crippen LogP) is 0.319. The molecule has 1 rings (SSSR count). The molecule has 5 nitrogen and oxygen atoms in total. The first-order chi connectivity index (χ1) is 5.66. The fraction of sp³-hybridized carbons (Fsp3) is 0.167. The lowest BCUT2D eigenvalue weighted by atomic mass is 10.4. The molecule has 0 saturated carbocycles. The van der Waals surface area contributed by atoms with Gasteiger partial charge in [-0.05, 0) is 15.9 Å². The van der Waals surface area contributed by atoms with E-state index in [0.717, 1.165) is 6.33 Å². The van der Waals surface area contributed by atoms with Crippen LogP contribution in [0.2, 0.25) is 0 Å². The molecular weight excluding hydrogens is 228 g/mol. The van der Waals surface area contributed by atoms with E-state index in [2.05, 4.69) is 30.6 Å². The smallest absolute Gasteiger partial charge is 0.358 e. The Balaban J connectivity index is 3.26. The number of hydrogen-bond donors (Lipinski definition) is 1. The number of esters is 1. The van der Waals surface area contributed by atoms with Gasteiger partial charge in [-0.25, -0.2) is 9.78 Å². The van der Waals surface area contributed by atoms with Crippen molar-refractivity contribution in [3.05, 3.63) is 26.8 Å². The van der Waals surface area contributed by atoms with Crippen LogP contribution in [0.1, 0.15) is 10.5 Å². The predicted molar refractivity (Wildman–Crippen MR) is 43.9 cm³/mol. The van der Waals surface area contributed by atoms with Crippen molar-refractivity contribution in [3.8, 4) is 0 Å². The second-order valence-electron chi connectivity index (χ2n) is 1.89. The molecule has 0 atom stereocenters. The standard InChI is InChI=1S/C6H5BrN2O3/c1-12-6(11)4-3(7)5(10)9-2-8-4/h2H,1H3,(H,8,9,10). The molecule has 1 N–H and O–H groups in total. The number of carbonyl (C=O) groups excluding carboxylic acids is 1. The second kappa shape index (κ2) is 3.48. The minimum absolute atomic E-state index is 0.0266. The summed E-state index contributed by atoms with van der Waals surface area (Å²) >= 11 is 2.91. The minimum atomic E-state index is -0.645. The van der Waals surface area contributed by atoms with Gasteiger partial charge in [-0.2, -0.15) is 0 Å². The van der Waals surface area contributed by atoms with Crippen molar-refractivity contribution in [1.29, 1.82) is 0 Å². The van der Waals surface area contributed by atoms with E-state index in [1.807, 2.05) is 0 Å². The summed E-state index contributed by atoms with van der Waals surface area (Å²) in [6.07, 6.45) is 1.14. The van der Waals surface area contributed by atoms with Crippen molar-refractivity contribution >= 4 is 21.9 Å². The van der Waals surface area contributed by atoms with Crippen LogP contribution < -0.4 is 5.56 Å². The SMILES string of the molecule is COC(=O)c1nc[nH]c(=O)c1Br. The molecule has 0 aliphatic heterocycles. The van der Waals surface area contributed by atoms with Gasteiger partial charge in [0.25, 0.3) is 5.56 Å². The highest BCUT2D eigenvalue weighted by Crippen LogP contribution is 2.07. The number of nitrogens with zero attached hydrogens (tertiary/aromatic N) is 1. The highest BCUT2D eigenvalue weighted by molar-refractivity contribution is 9.10. The van der Waals surface area contributed by atoms with Crippen LogP contribution in [0.5, 0.6) is 0 Å². The summed E-state index contributed by atoms with van der Waals surface area (Å²) in [5.74, 6) is -0.645. The Bertz CT molecular complexity index is 360. The van der Waals surface area contributed by atoms with Crippen LogP contribution in [0.3, 0.4) is 0 Å². The molecule has 0 aliphatic carbocycles. The van der Waals surface area contributed by atoms with Crippen LogP contribution in [-0.4, -0.2) is 23.0 Å². The van der Waals surface area contributed by atoms with Gasteiger partial charge in [0, 0.05) is 0 Å². The van der Waals surface area contributed by atoms with Gasteiger partial charge in [-0.1, -0.05) is 0 Å². The molecule has 0 fully saturated rings. The normalized spacial score (nSPS) is 9.50. The molecule has 0 radical (unpaired) electrons. The first-order valence-corrected chi connectivity index (χ1v) is 3.77. The van der Waals surface area contributed by atoms with E-state index in [1.54, 1.807) is 0 Å². The Morgan fingerprint density at radius 3 is 3.00 bits per heavy atom. The minimum Gasteiger partial charge on any atom is -0.464 e. The summed E-state index contributed by atoms with van der Waals surface area (Å²) in [5, 5.41) is 0. The summed E-state index contributed by atoms with van der Waals surface area (Å²) in [7, 11) is 1.22. The highest BCUT2D eigenvalue weighted by Gasteiger charge is 2.13. The number of aromatic amines is 1. The van der Waals surface area contributed by atoms with Crippen LogP contribution in [0.25, 0.3) is 0 Å². The number of ether oxygens (including phenoxy) is 1. The number of methoxy groups -OCH3 is 1. The molecule has 0 amide bonds. The summed E-state index contributed by atoms with van der Waals surface area (Å²) in [6.45, 7) is 0. The van der Waals surface area contributed by atoms with Gasteiger partial charge in [0.15, 0.2) is 5.69 Å². The van der Waals surface area contributed by atoms with Gasteiger partial charge in [-0.3, -0.25) is 4.79 Å². The van der Waals surface area contributed by atoms with Crippen LogP contribution in [0, 0.1) is 0 Å². The lowest BCUT2D eigenvalue weighted by molar-refractivity contribution is 0.0592. The van der Waals surface area contributed by atoms with Gasteiger partial charge in [0.1, 0.15) is 4.47 Å². The first-order valence-electron chi connectivity index (χ1n) is 2.98. The van der Waals surface area contributed by atoms with Crippen LogP contribution in [-0.2, 0) is 4.74 Å². The molecule has 64 valence electrons. The summed E-state index contributed by atoms with van der Waals surface area (Å²) in [4.78, 5) is 27.8. The van der Waals surface area contributed by atoms with Crippen LogP contribution in [0.15, 0.2) is 15.6 Å². The largest absolute Gasteiger partial charge is 0.464 e. The molecule has 0 saturated heterocycles. The molecule has 1 heterocycles. The third-order valence-corrected chi connectivity index (χ3v) is 1.91. The molecule has 1 aromatic rings. The van der Waals surface area contributed by atoms with E-state index in [9.17, 15) is 9.59 Å². The number of aromatic nitrogens is 2. The summed E-state index contributed by atoms with van der Waals surface area (Å²) in [6, 6.07) is 0. The van der Waals surface area contributed by atoms with Gasteiger partial charge in [0.2, 0.25) is 0 Å². The highest BCUT2D eigenvalue weighted by atomic mass is 79.9. The molecule has 0 aromatic carbocycles. The number of hydrogen-bond acceptors (Lipinski definition) is 4. The average molecular weight is 233 g/mol. The number of halogens is 1. The van der Waals surface area contributed by atoms with Crippen LogP contribution in [0.4, 0.5) is 0 Å². The van der Waals surface area contributed by atoms with E-state index < -0.39 is 11.5 Å². The maximum atomic E-state index is 10.9. The third kappa shape index (κ3) is 1.53. The van der Waals surface area contributed by atoms with Crippen molar-refractivity contribution < 1.29 is 9.53 Å². The van der Waals surface area contributed by atoms with E-state index in [4.69, 9.17) is 0 Å². The monoisotopic (exact) mass is 232 g/mol. The third-order valence-electron chi connectivity index (χ3n) is 1.18. The zero-order chi connectivity index (χ0) is 9.14. The molecule has 0 spiro atoms. The lowest BCUT2D eigenvalue weighted by Gasteiger charge is -1.98. The Morgan fingerprint density at radius 2 is 2.42 bits per heavy atom. The van der Waals surface area contributed by atoms with Gasteiger partial charge >= 0.3 is 5.97 Å². The number of carbonyl (C=O) groups is 1. The molecule has 6 heteroatoms. The molecule has 0 aliphatic rings. The number of H-pyrrole nitrogens is 1. The number of rotatable bonds is 1. The zero-order valence-electron chi connectivity index (χ0n) is 6.13. The van der Waals surface area contributed by atoms with Crippen molar-refractivity contribution in [2.45, 2.75) is 0 Å². The van der Waals surface area contributed by atoms with Crippen molar-refractivity contribution in [3.63, 3.8) is 0 Å². The molecule has 0 bridgehead atoms. The fourth-order valence-electron chi connectivity index (χ4n) is 0.622. The topological polar surface area (TPSA) is 72.0 Å². The van der Waals surface area contributed by atoms with Gasteiger partial charge in [-0.15, -0.1) is 0 Å². The Morgan fingerprint density at radius 1 is 1.75 bits per heavy atom. The van der Waals surface area contributed by atoms with Crippen molar-refractivity contribution in [2.24, 2.45) is 0 Å². The Labute approximate surface area is 75.9 Å². The molecule has 0 unspecified atom stereocenters. The second-order valence-corrected chi connectivity index (χ2v) is 2.68. The van der Waals surface area contributed by atoms with E-state index in [1.165, 1.54) is 7.11 Å². The van der Waals surface area contributed by atoms with E-state index in [-0.39, 0.29) is 10.2 Å². The summed E-state index contributed by atoms with van der Waals surface area (Å²) < 4.78 is 4.47. The van der Waals surface area contributed by atoms with Gasteiger partial charge < -0.3 is 9.72 Å². The van der Waals surface area contributed by atoms with Crippen molar-refractivity contribution in [1.82, 2.24) is 9.97 Å². The van der Waals surface area contributed by atoms with Crippen molar-refractivity contribution in [2.75, 3.05) is 7.11 Å².